The number of rotatable bonds is 8. The highest BCUT2D eigenvalue weighted by atomic mass is 32.2. The number of anilines is 2. The van der Waals surface area contributed by atoms with Crippen molar-refractivity contribution in [2.24, 2.45) is 0 Å². The van der Waals surface area contributed by atoms with E-state index in [1.54, 1.807) is 49.4 Å². The van der Waals surface area contributed by atoms with E-state index in [1.807, 2.05) is 26.0 Å². The zero-order valence-electron chi connectivity index (χ0n) is 17.8. The van der Waals surface area contributed by atoms with E-state index in [0.29, 0.717) is 29.3 Å². The summed E-state index contributed by atoms with van der Waals surface area (Å²) in [6, 6.07) is 18.7. The molecule has 0 radical (unpaired) electrons. The molecule has 3 aromatic carbocycles. The van der Waals surface area contributed by atoms with Crippen LogP contribution in [0.2, 0.25) is 0 Å². The van der Waals surface area contributed by atoms with E-state index in [-0.39, 0.29) is 10.5 Å². The van der Waals surface area contributed by atoms with Gasteiger partial charge >= 0.3 is 0 Å². The van der Waals surface area contributed by atoms with Crippen LogP contribution in [0.15, 0.2) is 71.6 Å². The number of benzene rings is 3. The summed E-state index contributed by atoms with van der Waals surface area (Å²) < 4.78 is 34.0. The van der Waals surface area contributed by atoms with Gasteiger partial charge < -0.3 is 10.1 Å². The first-order valence-corrected chi connectivity index (χ1v) is 11.5. The van der Waals surface area contributed by atoms with Crippen LogP contribution in [-0.4, -0.2) is 20.9 Å². The maximum atomic E-state index is 13.0. The van der Waals surface area contributed by atoms with E-state index in [4.69, 9.17) is 4.74 Å². The van der Waals surface area contributed by atoms with Gasteiger partial charge in [0.2, 0.25) is 0 Å². The maximum absolute atomic E-state index is 13.0. The Hall–Kier alpha value is -3.32. The molecule has 0 bridgehead atoms. The Balaban J connectivity index is 1.86. The fraction of sp³-hybridized carbons (Fsp3) is 0.208. The largest absolute Gasteiger partial charge is 0.491 e. The van der Waals surface area contributed by atoms with Crippen LogP contribution in [0.3, 0.4) is 0 Å². The molecular formula is C24H26N2O4S. The highest BCUT2D eigenvalue weighted by Crippen LogP contribution is 2.26. The number of aryl methyl sites for hydroxylation is 2. The van der Waals surface area contributed by atoms with Crippen LogP contribution in [-0.2, 0) is 10.0 Å². The number of hydrogen-bond acceptors (Lipinski definition) is 4. The second kappa shape index (κ2) is 9.66. The minimum absolute atomic E-state index is 0.0141. The minimum Gasteiger partial charge on any atom is -0.491 e. The number of ether oxygens (including phenoxy) is 1. The first kappa shape index (κ1) is 22.4. The summed E-state index contributed by atoms with van der Waals surface area (Å²) in [5.41, 5.74) is 2.88. The lowest BCUT2D eigenvalue weighted by Crippen LogP contribution is -2.17. The zero-order valence-corrected chi connectivity index (χ0v) is 18.6. The predicted octanol–water partition coefficient (Wildman–Crippen LogP) is 5.15. The number of para-hydroxylation sites is 2. The van der Waals surface area contributed by atoms with Gasteiger partial charge in [-0.25, -0.2) is 8.42 Å². The van der Waals surface area contributed by atoms with Crippen molar-refractivity contribution in [1.82, 2.24) is 0 Å². The van der Waals surface area contributed by atoms with E-state index in [1.165, 1.54) is 12.1 Å². The topological polar surface area (TPSA) is 84.5 Å². The van der Waals surface area contributed by atoms with E-state index >= 15 is 0 Å². The summed E-state index contributed by atoms with van der Waals surface area (Å²) in [6.45, 7) is 6.18. The minimum atomic E-state index is -3.85. The molecule has 0 heterocycles. The summed E-state index contributed by atoms with van der Waals surface area (Å²) in [6.07, 6.45) is 0.842. The summed E-state index contributed by atoms with van der Waals surface area (Å²) >= 11 is 0. The van der Waals surface area contributed by atoms with Crippen LogP contribution in [0.25, 0.3) is 0 Å². The third kappa shape index (κ3) is 5.64. The second-order valence-corrected chi connectivity index (χ2v) is 8.93. The fourth-order valence-corrected chi connectivity index (χ4v) is 4.11. The van der Waals surface area contributed by atoms with E-state index in [2.05, 4.69) is 10.0 Å². The normalized spacial score (nSPS) is 11.1. The molecule has 0 saturated heterocycles. The molecule has 7 heteroatoms. The molecule has 31 heavy (non-hydrogen) atoms. The summed E-state index contributed by atoms with van der Waals surface area (Å²) in [5, 5.41) is 2.83. The smallest absolute Gasteiger partial charge is 0.261 e. The van der Waals surface area contributed by atoms with Crippen LogP contribution in [0.1, 0.15) is 34.8 Å². The Morgan fingerprint density at radius 1 is 0.968 bits per heavy atom. The molecule has 0 unspecified atom stereocenters. The lowest BCUT2D eigenvalue weighted by atomic mass is 10.1. The number of hydrogen-bond donors (Lipinski definition) is 2. The molecule has 1 amide bonds. The molecule has 0 aliphatic rings. The van der Waals surface area contributed by atoms with Gasteiger partial charge in [-0.15, -0.1) is 0 Å². The molecule has 0 saturated carbocycles. The van der Waals surface area contributed by atoms with Crippen LogP contribution in [0.5, 0.6) is 5.75 Å². The van der Waals surface area contributed by atoms with Crippen molar-refractivity contribution in [3.8, 4) is 5.75 Å². The van der Waals surface area contributed by atoms with Gasteiger partial charge in [-0.3, -0.25) is 9.52 Å². The van der Waals surface area contributed by atoms with Crippen molar-refractivity contribution in [1.29, 1.82) is 0 Å². The molecule has 6 nitrogen and oxygen atoms in total. The van der Waals surface area contributed by atoms with Gasteiger partial charge in [0, 0.05) is 11.3 Å². The van der Waals surface area contributed by atoms with Gasteiger partial charge in [-0.05, 0) is 67.8 Å². The zero-order chi connectivity index (χ0) is 22.4. The number of nitrogens with one attached hydrogen (secondary N) is 2. The van der Waals surface area contributed by atoms with Crippen molar-refractivity contribution in [3.63, 3.8) is 0 Å². The molecule has 0 atom stereocenters. The SMILES string of the molecule is CCCOc1ccccc1NC(=O)c1cc(S(=O)(=O)Nc2cccc(C)c2)ccc1C. The van der Waals surface area contributed by atoms with Crippen LogP contribution < -0.4 is 14.8 Å². The summed E-state index contributed by atoms with van der Waals surface area (Å²) in [4.78, 5) is 13.0. The van der Waals surface area contributed by atoms with Crippen LogP contribution in [0, 0.1) is 13.8 Å². The number of amides is 1. The molecule has 3 rings (SSSR count). The van der Waals surface area contributed by atoms with Gasteiger partial charge in [0.1, 0.15) is 5.75 Å². The van der Waals surface area contributed by atoms with Crippen molar-refractivity contribution in [2.45, 2.75) is 32.1 Å². The predicted molar refractivity (Wildman–Crippen MR) is 123 cm³/mol. The lowest BCUT2D eigenvalue weighted by molar-refractivity contribution is 0.102. The first-order valence-electron chi connectivity index (χ1n) is 10.0. The van der Waals surface area contributed by atoms with E-state index in [0.717, 1.165) is 12.0 Å². The number of carbonyl (C=O) groups is 1. The lowest BCUT2D eigenvalue weighted by Gasteiger charge is -2.14. The quantitative estimate of drug-likeness (QED) is 0.510. The molecule has 162 valence electrons. The average molecular weight is 439 g/mol. The van der Waals surface area contributed by atoms with Crippen molar-refractivity contribution in [3.05, 3.63) is 83.4 Å². The Morgan fingerprint density at radius 3 is 2.48 bits per heavy atom. The molecular weight excluding hydrogens is 412 g/mol. The fourth-order valence-electron chi connectivity index (χ4n) is 3.03. The van der Waals surface area contributed by atoms with Crippen LogP contribution in [0.4, 0.5) is 11.4 Å². The third-order valence-corrected chi connectivity index (χ3v) is 6.01. The van der Waals surface area contributed by atoms with Gasteiger partial charge in [0.15, 0.2) is 0 Å². The number of carbonyl (C=O) groups excluding carboxylic acids is 1. The molecule has 0 aliphatic heterocycles. The second-order valence-electron chi connectivity index (χ2n) is 7.25. The highest BCUT2D eigenvalue weighted by Gasteiger charge is 2.19. The van der Waals surface area contributed by atoms with Gasteiger partial charge in [-0.2, -0.15) is 0 Å². The van der Waals surface area contributed by atoms with Crippen molar-refractivity contribution >= 4 is 27.3 Å². The molecule has 0 fully saturated rings. The summed E-state index contributed by atoms with van der Waals surface area (Å²) in [5.74, 6) is 0.165. The molecule has 3 aromatic rings. The standard InChI is InChI=1S/C24H26N2O4S/c1-4-14-30-23-11-6-5-10-22(23)25-24(27)21-16-20(13-12-18(21)3)31(28,29)26-19-9-7-8-17(2)15-19/h5-13,15-16,26H,4,14H2,1-3H3,(H,25,27). The van der Waals surface area contributed by atoms with Crippen molar-refractivity contribution in [2.75, 3.05) is 16.6 Å². The first-order chi connectivity index (χ1) is 14.8. The number of sulfonamides is 1. The molecule has 0 aromatic heterocycles. The Labute approximate surface area is 183 Å². The Bertz CT molecular complexity index is 1190. The molecule has 0 spiro atoms. The Kier molecular flexibility index (Phi) is 6.97. The maximum Gasteiger partial charge on any atom is 0.261 e. The van der Waals surface area contributed by atoms with Crippen LogP contribution >= 0.6 is 0 Å². The van der Waals surface area contributed by atoms with Crippen molar-refractivity contribution < 1.29 is 17.9 Å². The van der Waals surface area contributed by atoms with Gasteiger partial charge in [0.05, 0.1) is 17.2 Å². The highest BCUT2D eigenvalue weighted by molar-refractivity contribution is 7.92. The Morgan fingerprint density at radius 2 is 1.74 bits per heavy atom. The summed E-state index contributed by atoms with van der Waals surface area (Å²) in [7, 11) is -3.85. The molecule has 2 N–H and O–H groups in total. The van der Waals surface area contributed by atoms with E-state index in [9.17, 15) is 13.2 Å². The van der Waals surface area contributed by atoms with E-state index < -0.39 is 15.9 Å². The average Bonchev–Trinajstić information content (AvgIpc) is 2.73. The monoisotopic (exact) mass is 438 g/mol. The molecule has 0 aliphatic carbocycles. The van der Waals surface area contributed by atoms with Gasteiger partial charge in [0.25, 0.3) is 15.9 Å². The van der Waals surface area contributed by atoms with Gasteiger partial charge in [-0.1, -0.05) is 37.3 Å². The third-order valence-electron chi connectivity index (χ3n) is 4.63.